The first-order valence-corrected chi connectivity index (χ1v) is 5.85. The maximum absolute atomic E-state index is 12.7. The second-order valence-corrected chi connectivity index (χ2v) is 4.09. The van der Waals surface area contributed by atoms with Crippen LogP contribution in [0.15, 0.2) is 18.2 Å². The minimum atomic E-state index is -4.73. The Hall–Kier alpha value is -2.11. The molecule has 0 bridgehead atoms. The number of esters is 1. The highest BCUT2D eigenvalue weighted by atomic mass is 19.4. The summed E-state index contributed by atoms with van der Waals surface area (Å²) in [6.07, 6.45) is -8.70. The van der Waals surface area contributed by atoms with Crippen LogP contribution in [0.1, 0.15) is 29.7 Å². The average Bonchev–Trinajstić information content (AvgIpc) is 2.44. The van der Waals surface area contributed by atoms with E-state index in [1.54, 1.807) is 0 Å². The summed E-state index contributed by atoms with van der Waals surface area (Å²) in [5.41, 5.74) is -1.91. The van der Waals surface area contributed by atoms with Crippen molar-refractivity contribution in [3.05, 3.63) is 34.9 Å². The standard InChI is InChI=1S/C13H12F3NO4/c1-2-21-12(20)11(19)10(18)8-3-7(6-17)4-9(5-8)13(14,15)16/h3-5,10-11,18-19H,2H2,1H3. The van der Waals surface area contributed by atoms with Crippen LogP contribution in [-0.4, -0.2) is 28.9 Å². The number of hydrogen-bond acceptors (Lipinski definition) is 5. The Morgan fingerprint density at radius 3 is 2.48 bits per heavy atom. The summed E-state index contributed by atoms with van der Waals surface area (Å²) >= 11 is 0. The molecule has 1 aromatic carbocycles. The monoisotopic (exact) mass is 303 g/mol. The van der Waals surface area contributed by atoms with Crippen molar-refractivity contribution < 1.29 is 32.9 Å². The van der Waals surface area contributed by atoms with Gasteiger partial charge in [-0.3, -0.25) is 0 Å². The number of hydrogen-bond donors (Lipinski definition) is 2. The van der Waals surface area contributed by atoms with Gasteiger partial charge in [0.2, 0.25) is 0 Å². The minimum absolute atomic E-state index is 0.0609. The van der Waals surface area contributed by atoms with Gasteiger partial charge in [0.1, 0.15) is 6.10 Å². The molecule has 0 aliphatic heterocycles. The van der Waals surface area contributed by atoms with Crippen molar-refractivity contribution >= 4 is 5.97 Å². The van der Waals surface area contributed by atoms with Gasteiger partial charge in [-0.2, -0.15) is 18.4 Å². The summed E-state index contributed by atoms with van der Waals surface area (Å²) in [5, 5.41) is 28.0. The van der Waals surface area contributed by atoms with Crippen LogP contribution in [0, 0.1) is 11.3 Å². The number of nitrogens with zero attached hydrogens (tertiary/aromatic N) is 1. The predicted octanol–water partition coefficient (Wildman–Crippen LogP) is 1.53. The molecule has 0 saturated carbocycles. The molecule has 0 saturated heterocycles. The van der Waals surface area contributed by atoms with Gasteiger partial charge in [0, 0.05) is 0 Å². The van der Waals surface area contributed by atoms with Gasteiger partial charge in [-0.05, 0) is 30.7 Å². The van der Waals surface area contributed by atoms with E-state index >= 15 is 0 Å². The van der Waals surface area contributed by atoms with E-state index in [9.17, 15) is 28.2 Å². The van der Waals surface area contributed by atoms with Gasteiger partial charge in [0.25, 0.3) is 0 Å². The van der Waals surface area contributed by atoms with Gasteiger partial charge in [-0.15, -0.1) is 0 Å². The van der Waals surface area contributed by atoms with Crippen LogP contribution < -0.4 is 0 Å². The van der Waals surface area contributed by atoms with Crippen molar-refractivity contribution in [2.24, 2.45) is 0 Å². The van der Waals surface area contributed by atoms with E-state index in [2.05, 4.69) is 4.74 Å². The van der Waals surface area contributed by atoms with Crippen molar-refractivity contribution in [2.75, 3.05) is 6.61 Å². The van der Waals surface area contributed by atoms with E-state index in [1.165, 1.54) is 13.0 Å². The smallest absolute Gasteiger partial charge is 0.416 e. The molecule has 0 aliphatic carbocycles. The van der Waals surface area contributed by atoms with E-state index in [0.717, 1.165) is 6.07 Å². The molecule has 0 aromatic heterocycles. The highest BCUT2D eigenvalue weighted by molar-refractivity contribution is 5.75. The number of carbonyl (C=O) groups is 1. The number of rotatable bonds is 4. The third kappa shape index (κ3) is 4.18. The normalized spacial score (nSPS) is 14.1. The van der Waals surface area contributed by atoms with E-state index in [1.807, 2.05) is 0 Å². The lowest BCUT2D eigenvalue weighted by Crippen LogP contribution is -2.30. The molecule has 1 aromatic rings. The Labute approximate surface area is 118 Å². The number of aliphatic hydroxyl groups excluding tert-OH is 2. The second-order valence-electron chi connectivity index (χ2n) is 4.09. The molecular formula is C13H12F3NO4. The molecule has 21 heavy (non-hydrogen) atoms. The van der Waals surface area contributed by atoms with Gasteiger partial charge in [-0.1, -0.05) is 0 Å². The fraction of sp³-hybridized carbons (Fsp3) is 0.385. The van der Waals surface area contributed by atoms with Crippen LogP contribution in [0.25, 0.3) is 0 Å². The predicted molar refractivity (Wildman–Crippen MR) is 63.8 cm³/mol. The summed E-state index contributed by atoms with van der Waals surface area (Å²) in [6, 6.07) is 3.65. The summed E-state index contributed by atoms with van der Waals surface area (Å²) in [5.74, 6) is -1.17. The van der Waals surface area contributed by atoms with Gasteiger partial charge in [0.05, 0.1) is 23.8 Å². The molecule has 0 heterocycles. The molecule has 8 heteroatoms. The van der Waals surface area contributed by atoms with Crippen molar-refractivity contribution in [2.45, 2.75) is 25.3 Å². The van der Waals surface area contributed by atoms with Gasteiger partial charge >= 0.3 is 12.1 Å². The first-order valence-electron chi connectivity index (χ1n) is 5.85. The topological polar surface area (TPSA) is 90.6 Å². The molecular weight excluding hydrogens is 291 g/mol. The number of carbonyl (C=O) groups excluding carboxylic acids is 1. The van der Waals surface area contributed by atoms with E-state index in [0.29, 0.717) is 12.1 Å². The Balaban J connectivity index is 3.18. The highest BCUT2D eigenvalue weighted by Crippen LogP contribution is 2.32. The van der Waals surface area contributed by atoms with E-state index < -0.39 is 35.5 Å². The van der Waals surface area contributed by atoms with Crippen LogP contribution >= 0.6 is 0 Å². The van der Waals surface area contributed by atoms with Crippen LogP contribution in [0.5, 0.6) is 0 Å². The molecule has 2 N–H and O–H groups in total. The fourth-order valence-corrected chi connectivity index (χ4v) is 1.59. The molecule has 2 atom stereocenters. The summed E-state index contributed by atoms with van der Waals surface area (Å²) in [4.78, 5) is 11.3. The van der Waals surface area contributed by atoms with E-state index in [4.69, 9.17) is 5.26 Å². The minimum Gasteiger partial charge on any atom is -0.464 e. The summed E-state index contributed by atoms with van der Waals surface area (Å²) in [7, 11) is 0. The van der Waals surface area contributed by atoms with Gasteiger partial charge in [-0.25, -0.2) is 4.79 Å². The number of nitriles is 1. The fourth-order valence-electron chi connectivity index (χ4n) is 1.59. The Morgan fingerprint density at radius 2 is 2.00 bits per heavy atom. The maximum atomic E-state index is 12.7. The van der Waals surface area contributed by atoms with E-state index in [-0.39, 0.29) is 12.2 Å². The summed E-state index contributed by atoms with van der Waals surface area (Å²) < 4.78 is 42.5. The zero-order chi connectivity index (χ0) is 16.2. The Kier molecular flexibility index (Phi) is 5.29. The van der Waals surface area contributed by atoms with Crippen molar-refractivity contribution in [3.63, 3.8) is 0 Å². The lowest BCUT2D eigenvalue weighted by atomic mass is 9.99. The largest absolute Gasteiger partial charge is 0.464 e. The zero-order valence-corrected chi connectivity index (χ0v) is 10.9. The molecule has 0 fully saturated rings. The lowest BCUT2D eigenvalue weighted by molar-refractivity contribution is -0.159. The second kappa shape index (κ2) is 6.56. The Bertz CT molecular complexity index is 566. The van der Waals surface area contributed by atoms with Crippen LogP contribution in [0.3, 0.4) is 0 Å². The average molecular weight is 303 g/mol. The number of alkyl halides is 3. The Morgan fingerprint density at radius 1 is 1.38 bits per heavy atom. The molecule has 0 spiro atoms. The molecule has 1 rings (SSSR count). The molecule has 114 valence electrons. The molecule has 5 nitrogen and oxygen atoms in total. The summed E-state index contributed by atoms with van der Waals surface area (Å²) in [6.45, 7) is 1.41. The number of benzene rings is 1. The SMILES string of the molecule is CCOC(=O)C(O)C(O)c1cc(C#N)cc(C(F)(F)F)c1. The van der Waals surface area contributed by atoms with Crippen molar-refractivity contribution in [1.29, 1.82) is 5.26 Å². The quantitative estimate of drug-likeness (QED) is 0.823. The number of halogens is 3. The lowest BCUT2D eigenvalue weighted by Gasteiger charge is -2.18. The molecule has 0 aliphatic rings. The number of aliphatic hydroxyl groups is 2. The van der Waals surface area contributed by atoms with Crippen molar-refractivity contribution in [3.8, 4) is 6.07 Å². The molecule has 2 unspecified atom stereocenters. The molecule has 0 amide bonds. The van der Waals surface area contributed by atoms with Crippen LogP contribution in [0.2, 0.25) is 0 Å². The first kappa shape index (κ1) is 16.9. The third-order valence-corrected chi connectivity index (χ3v) is 2.58. The van der Waals surface area contributed by atoms with Gasteiger partial charge < -0.3 is 14.9 Å². The van der Waals surface area contributed by atoms with Crippen LogP contribution in [0.4, 0.5) is 13.2 Å². The third-order valence-electron chi connectivity index (χ3n) is 2.58. The first-order chi connectivity index (χ1) is 9.70. The van der Waals surface area contributed by atoms with Crippen LogP contribution in [-0.2, 0) is 15.7 Å². The zero-order valence-electron chi connectivity index (χ0n) is 10.9. The number of ether oxygens (including phenoxy) is 1. The van der Waals surface area contributed by atoms with Crippen molar-refractivity contribution in [1.82, 2.24) is 0 Å². The highest BCUT2D eigenvalue weighted by Gasteiger charge is 2.34. The van der Waals surface area contributed by atoms with Gasteiger partial charge in [0.15, 0.2) is 6.10 Å². The maximum Gasteiger partial charge on any atom is 0.416 e. The molecule has 0 radical (unpaired) electrons.